The summed E-state index contributed by atoms with van der Waals surface area (Å²) in [5.41, 5.74) is 3.16. The first-order chi connectivity index (χ1) is 15.3. The van der Waals surface area contributed by atoms with Gasteiger partial charge in [0.05, 0.1) is 11.4 Å². The Balaban J connectivity index is 1.73. The Hall–Kier alpha value is -4.49. The van der Waals surface area contributed by atoms with Crippen molar-refractivity contribution in [2.75, 3.05) is 0 Å². The molecular weight excluding hydrogens is 382 g/mol. The maximum Gasteiger partial charge on any atom is 0.214 e. The molecule has 0 unspecified atom stereocenters. The highest BCUT2D eigenvalue weighted by Gasteiger charge is 2.25. The number of carbonyl (C=O) groups is 1. The van der Waals surface area contributed by atoms with Crippen molar-refractivity contribution < 1.29 is 4.79 Å². The molecular formula is C27H17N3O. The molecule has 0 amide bonds. The second kappa shape index (κ2) is 7.74. The first kappa shape index (κ1) is 18.5. The molecule has 0 N–H and O–H groups in total. The lowest BCUT2D eigenvalue weighted by Crippen LogP contribution is -2.05. The Kier molecular flexibility index (Phi) is 4.62. The van der Waals surface area contributed by atoms with Gasteiger partial charge in [0.2, 0.25) is 5.78 Å². The largest absolute Gasteiger partial charge is 0.287 e. The van der Waals surface area contributed by atoms with Crippen LogP contribution in [0.4, 0.5) is 0 Å². The molecule has 31 heavy (non-hydrogen) atoms. The average Bonchev–Trinajstić information content (AvgIpc) is 3.24. The summed E-state index contributed by atoms with van der Waals surface area (Å²) in [5.74, 6) is -0.269. The van der Waals surface area contributed by atoms with E-state index in [1.165, 1.54) is 0 Å². The van der Waals surface area contributed by atoms with Crippen LogP contribution < -0.4 is 0 Å². The van der Waals surface area contributed by atoms with Gasteiger partial charge in [-0.1, -0.05) is 84.9 Å². The summed E-state index contributed by atoms with van der Waals surface area (Å²) in [6.07, 6.45) is 0. The van der Waals surface area contributed by atoms with Crippen LogP contribution in [0.15, 0.2) is 103 Å². The molecule has 0 spiro atoms. The average molecular weight is 399 g/mol. The van der Waals surface area contributed by atoms with E-state index < -0.39 is 0 Å². The molecule has 1 aromatic heterocycles. The van der Waals surface area contributed by atoms with Crippen LogP contribution in [0.5, 0.6) is 0 Å². The summed E-state index contributed by atoms with van der Waals surface area (Å²) in [4.78, 5) is 13.5. The van der Waals surface area contributed by atoms with E-state index >= 15 is 0 Å². The standard InChI is InChI=1S/C27H17N3O/c28-18-24-25(27(31)22-16-15-19-9-7-8-12-21(19)17-22)29-30(23-13-5-2-6-14-23)26(24)20-10-3-1-4-11-20/h1-17H. The molecule has 0 radical (unpaired) electrons. The minimum absolute atomic E-state index is 0.153. The van der Waals surface area contributed by atoms with Crippen molar-refractivity contribution in [2.24, 2.45) is 0 Å². The lowest BCUT2D eigenvalue weighted by atomic mass is 9.99. The van der Waals surface area contributed by atoms with Crippen LogP contribution in [0.1, 0.15) is 21.6 Å². The predicted molar refractivity (Wildman–Crippen MR) is 121 cm³/mol. The lowest BCUT2D eigenvalue weighted by molar-refractivity contribution is 0.103. The highest BCUT2D eigenvalue weighted by atomic mass is 16.1. The van der Waals surface area contributed by atoms with Gasteiger partial charge in [-0.25, -0.2) is 4.68 Å². The van der Waals surface area contributed by atoms with Gasteiger partial charge in [0.1, 0.15) is 11.6 Å². The summed E-state index contributed by atoms with van der Waals surface area (Å²) in [6.45, 7) is 0. The van der Waals surface area contributed by atoms with Crippen LogP contribution in [0, 0.1) is 11.3 Å². The Bertz CT molecular complexity index is 1440. The zero-order valence-electron chi connectivity index (χ0n) is 16.6. The van der Waals surface area contributed by atoms with Crippen molar-refractivity contribution in [3.05, 3.63) is 120 Å². The number of rotatable bonds is 4. The van der Waals surface area contributed by atoms with Crippen molar-refractivity contribution in [1.82, 2.24) is 9.78 Å². The number of hydrogen-bond acceptors (Lipinski definition) is 3. The molecule has 0 fully saturated rings. The Morgan fingerprint density at radius 2 is 1.42 bits per heavy atom. The molecule has 0 aliphatic carbocycles. The van der Waals surface area contributed by atoms with Gasteiger partial charge in [0.25, 0.3) is 0 Å². The zero-order valence-corrected chi connectivity index (χ0v) is 16.6. The molecule has 0 atom stereocenters. The van der Waals surface area contributed by atoms with E-state index in [4.69, 9.17) is 0 Å². The fraction of sp³-hybridized carbons (Fsp3) is 0. The molecule has 146 valence electrons. The predicted octanol–water partition coefficient (Wildman–Crippen LogP) is 5.80. The smallest absolute Gasteiger partial charge is 0.214 e. The summed E-state index contributed by atoms with van der Waals surface area (Å²) in [6, 6.07) is 34.8. The third kappa shape index (κ3) is 3.29. The molecule has 5 aromatic rings. The molecule has 5 rings (SSSR count). The first-order valence-electron chi connectivity index (χ1n) is 9.94. The molecule has 0 aliphatic rings. The van der Waals surface area contributed by atoms with Crippen LogP contribution in [-0.2, 0) is 0 Å². The number of carbonyl (C=O) groups excluding carboxylic acids is 1. The van der Waals surface area contributed by atoms with Crippen LogP contribution >= 0.6 is 0 Å². The number of para-hydroxylation sites is 1. The third-order valence-electron chi connectivity index (χ3n) is 5.27. The van der Waals surface area contributed by atoms with Crippen molar-refractivity contribution in [2.45, 2.75) is 0 Å². The fourth-order valence-corrected chi connectivity index (χ4v) is 3.77. The van der Waals surface area contributed by atoms with Gasteiger partial charge in [-0.2, -0.15) is 10.4 Å². The zero-order chi connectivity index (χ0) is 21.2. The quantitative estimate of drug-likeness (QED) is 0.359. The van der Waals surface area contributed by atoms with Crippen LogP contribution in [0.3, 0.4) is 0 Å². The molecule has 0 bridgehead atoms. The second-order valence-corrected chi connectivity index (χ2v) is 7.19. The molecule has 4 heteroatoms. The normalized spacial score (nSPS) is 10.7. The maximum atomic E-state index is 13.5. The van der Waals surface area contributed by atoms with Crippen molar-refractivity contribution in [1.29, 1.82) is 5.26 Å². The molecule has 1 heterocycles. The topological polar surface area (TPSA) is 58.7 Å². The number of benzene rings is 4. The molecule has 4 nitrogen and oxygen atoms in total. The van der Waals surface area contributed by atoms with Gasteiger partial charge in [-0.05, 0) is 29.0 Å². The molecule has 0 saturated carbocycles. The minimum Gasteiger partial charge on any atom is -0.287 e. The van der Waals surface area contributed by atoms with Crippen molar-refractivity contribution >= 4 is 16.6 Å². The summed E-state index contributed by atoms with van der Waals surface area (Å²) in [5, 5.41) is 16.7. The van der Waals surface area contributed by atoms with E-state index in [0.717, 1.165) is 22.0 Å². The Morgan fingerprint density at radius 1 is 0.774 bits per heavy atom. The van der Waals surface area contributed by atoms with Crippen molar-refractivity contribution in [3.8, 4) is 23.0 Å². The highest BCUT2D eigenvalue weighted by molar-refractivity contribution is 6.11. The van der Waals surface area contributed by atoms with E-state index in [0.29, 0.717) is 11.3 Å². The summed E-state index contributed by atoms with van der Waals surface area (Å²) < 4.78 is 1.68. The third-order valence-corrected chi connectivity index (χ3v) is 5.27. The van der Waals surface area contributed by atoms with Gasteiger partial charge in [-0.15, -0.1) is 0 Å². The van der Waals surface area contributed by atoms with Gasteiger partial charge in [0, 0.05) is 11.1 Å². The number of nitrogens with zero attached hydrogens (tertiary/aromatic N) is 3. The Morgan fingerprint density at radius 3 is 2.13 bits per heavy atom. The monoisotopic (exact) mass is 399 g/mol. The number of aromatic nitrogens is 2. The van der Waals surface area contributed by atoms with Gasteiger partial charge in [-0.3, -0.25) is 4.79 Å². The molecule has 0 saturated heterocycles. The number of nitriles is 1. The first-order valence-corrected chi connectivity index (χ1v) is 9.94. The van der Waals surface area contributed by atoms with E-state index in [9.17, 15) is 10.1 Å². The van der Waals surface area contributed by atoms with E-state index in [-0.39, 0.29) is 17.0 Å². The van der Waals surface area contributed by atoms with Gasteiger partial charge < -0.3 is 0 Å². The highest BCUT2D eigenvalue weighted by Crippen LogP contribution is 2.30. The summed E-state index contributed by atoms with van der Waals surface area (Å²) >= 11 is 0. The van der Waals surface area contributed by atoms with Gasteiger partial charge in [0.15, 0.2) is 5.69 Å². The van der Waals surface area contributed by atoms with Gasteiger partial charge >= 0.3 is 0 Å². The maximum absolute atomic E-state index is 13.5. The minimum atomic E-state index is -0.269. The Labute approximate surface area is 179 Å². The second-order valence-electron chi connectivity index (χ2n) is 7.19. The number of fused-ring (bicyclic) bond motifs is 1. The molecule has 4 aromatic carbocycles. The van der Waals surface area contributed by atoms with Crippen LogP contribution in [0.25, 0.3) is 27.7 Å². The molecule has 0 aliphatic heterocycles. The van der Waals surface area contributed by atoms with E-state index in [1.54, 1.807) is 10.7 Å². The SMILES string of the molecule is N#Cc1c(C(=O)c2ccc3ccccc3c2)nn(-c2ccccc2)c1-c1ccccc1. The number of hydrogen-bond donors (Lipinski definition) is 0. The number of ketones is 1. The van der Waals surface area contributed by atoms with Crippen molar-refractivity contribution in [3.63, 3.8) is 0 Å². The lowest BCUT2D eigenvalue weighted by Gasteiger charge is -2.07. The van der Waals surface area contributed by atoms with E-state index in [2.05, 4.69) is 11.2 Å². The van der Waals surface area contributed by atoms with E-state index in [1.807, 2.05) is 97.1 Å². The fourth-order valence-electron chi connectivity index (χ4n) is 3.77. The van der Waals surface area contributed by atoms with Crippen LogP contribution in [-0.4, -0.2) is 15.6 Å². The van der Waals surface area contributed by atoms with Crippen LogP contribution in [0.2, 0.25) is 0 Å². The summed E-state index contributed by atoms with van der Waals surface area (Å²) in [7, 11) is 0.